The molecule has 134 valence electrons. The van der Waals surface area contributed by atoms with Crippen molar-refractivity contribution in [3.05, 3.63) is 71.4 Å². The van der Waals surface area contributed by atoms with Crippen molar-refractivity contribution < 1.29 is 14.6 Å². The van der Waals surface area contributed by atoms with Gasteiger partial charge in [0.05, 0.1) is 11.6 Å². The van der Waals surface area contributed by atoms with Crippen molar-refractivity contribution in [1.29, 1.82) is 0 Å². The molecule has 0 fully saturated rings. The number of nitrogens with zero attached hydrogens (tertiary/aromatic N) is 1. The van der Waals surface area contributed by atoms with Crippen LogP contribution in [0.15, 0.2) is 54.6 Å². The quantitative estimate of drug-likeness (QED) is 0.781. The molecule has 0 spiro atoms. The number of aryl methyl sites for hydroxylation is 1. The van der Waals surface area contributed by atoms with Crippen LogP contribution in [-0.2, 0) is 24.8 Å². The summed E-state index contributed by atoms with van der Waals surface area (Å²) in [6.45, 7) is 0.528. The molecule has 4 heteroatoms. The molecule has 4 nitrogen and oxygen atoms in total. The van der Waals surface area contributed by atoms with Crippen LogP contribution in [0.25, 0.3) is 17.0 Å². The van der Waals surface area contributed by atoms with Gasteiger partial charge in [0.25, 0.3) is 0 Å². The van der Waals surface area contributed by atoms with E-state index < -0.39 is 6.10 Å². The number of hydrogen-bond acceptors (Lipinski definition) is 3. The van der Waals surface area contributed by atoms with E-state index >= 15 is 0 Å². The number of ether oxygens (including phenoxy) is 2. The number of aliphatic hydroxyl groups excluding tert-OH is 1. The lowest BCUT2D eigenvalue weighted by Gasteiger charge is -2.16. The highest BCUT2D eigenvalue weighted by atomic mass is 16.5. The Kier molecular flexibility index (Phi) is 4.53. The normalized spacial score (nSPS) is 19.3. The molecule has 0 radical (unpaired) electrons. The first-order chi connectivity index (χ1) is 12.7. The van der Waals surface area contributed by atoms with Gasteiger partial charge in [0.15, 0.2) is 0 Å². The Morgan fingerprint density at radius 3 is 2.69 bits per heavy atom. The number of fused-ring (bicyclic) bond motifs is 3. The minimum Gasteiger partial charge on any atom is -0.487 e. The molecule has 0 amide bonds. The number of rotatable bonds is 4. The molecule has 26 heavy (non-hydrogen) atoms. The number of benzene rings is 2. The Bertz CT molecular complexity index is 943. The van der Waals surface area contributed by atoms with E-state index in [-0.39, 0.29) is 6.10 Å². The van der Waals surface area contributed by atoms with E-state index in [0.29, 0.717) is 13.0 Å². The van der Waals surface area contributed by atoms with Crippen LogP contribution in [0.4, 0.5) is 0 Å². The van der Waals surface area contributed by atoms with Crippen LogP contribution < -0.4 is 4.74 Å². The van der Waals surface area contributed by atoms with Crippen LogP contribution in [-0.4, -0.2) is 29.0 Å². The molecule has 1 heterocycles. The fraction of sp³-hybridized carbons (Fsp3) is 0.273. The van der Waals surface area contributed by atoms with E-state index in [9.17, 15) is 5.11 Å². The van der Waals surface area contributed by atoms with E-state index in [2.05, 4.69) is 22.8 Å². The molecule has 1 aliphatic carbocycles. The van der Waals surface area contributed by atoms with Crippen LogP contribution in [0.5, 0.6) is 5.75 Å². The molecular formula is C22H23NO3. The molecule has 3 aromatic rings. The molecule has 2 aromatic carbocycles. The van der Waals surface area contributed by atoms with Crippen molar-refractivity contribution in [2.45, 2.75) is 25.2 Å². The molecule has 1 N–H and O–H groups in total. The molecule has 0 aliphatic heterocycles. The zero-order valence-electron chi connectivity index (χ0n) is 15.1. The first kappa shape index (κ1) is 16.9. The SMILES string of the molecule is COC1C=Cc2c(c3cccc(OCc4ccccc4)c3n2C)CC1O. The topological polar surface area (TPSA) is 43.6 Å². The predicted octanol–water partition coefficient (Wildman–Crippen LogP) is 3.70. The molecule has 0 bridgehead atoms. The average Bonchev–Trinajstić information content (AvgIpc) is 2.83. The fourth-order valence-corrected chi connectivity index (χ4v) is 3.73. The zero-order chi connectivity index (χ0) is 18.1. The van der Waals surface area contributed by atoms with Gasteiger partial charge in [-0.25, -0.2) is 0 Å². The highest BCUT2D eigenvalue weighted by Gasteiger charge is 2.25. The van der Waals surface area contributed by atoms with Gasteiger partial charge in [0.1, 0.15) is 18.5 Å². The summed E-state index contributed by atoms with van der Waals surface area (Å²) in [5, 5.41) is 11.6. The second kappa shape index (κ2) is 6.98. The van der Waals surface area contributed by atoms with Gasteiger partial charge in [0.2, 0.25) is 0 Å². The Morgan fingerprint density at radius 1 is 1.12 bits per heavy atom. The molecule has 1 aliphatic rings. The summed E-state index contributed by atoms with van der Waals surface area (Å²) in [4.78, 5) is 0. The lowest BCUT2D eigenvalue weighted by atomic mass is 10.0. The van der Waals surface area contributed by atoms with Crippen LogP contribution in [0.3, 0.4) is 0 Å². The maximum Gasteiger partial charge on any atom is 0.144 e. The van der Waals surface area contributed by atoms with Gasteiger partial charge in [-0.2, -0.15) is 0 Å². The zero-order valence-corrected chi connectivity index (χ0v) is 15.1. The van der Waals surface area contributed by atoms with E-state index in [0.717, 1.165) is 33.5 Å². The summed E-state index contributed by atoms with van der Waals surface area (Å²) < 4.78 is 13.7. The maximum absolute atomic E-state index is 10.5. The number of para-hydroxylation sites is 1. The Balaban J connectivity index is 1.74. The van der Waals surface area contributed by atoms with Crippen molar-refractivity contribution in [3.63, 3.8) is 0 Å². The summed E-state index contributed by atoms with van der Waals surface area (Å²) >= 11 is 0. The first-order valence-corrected chi connectivity index (χ1v) is 8.85. The first-order valence-electron chi connectivity index (χ1n) is 8.85. The Hall–Kier alpha value is -2.56. The summed E-state index contributed by atoms with van der Waals surface area (Å²) in [6, 6.07) is 16.3. The maximum atomic E-state index is 10.5. The molecule has 2 atom stereocenters. The minimum absolute atomic E-state index is 0.282. The van der Waals surface area contributed by atoms with Gasteiger partial charge in [-0.05, 0) is 23.3 Å². The lowest BCUT2D eigenvalue weighted by Crippen LogP contribution is -2.27. The van der Waals surface area contributed by atoms with Crippen molar-refractivity contribution >= 4 is 17.0 Å². The monoisotopic (exact) mass is 349 g/mol. The molecule has 1 aromatic heterocycles. The summed E-state index contributed by atoms with van der Waals surface area (Å²) in [5.41, 5.74) is 4.42. The molecule has 4 rings (SSSR count). The Morgan fingerprint density at radius 2 is 1.92 bits per heavy atom. The number of methoxy groups -OCH3 is 1. The van der Waals surface area contributed by atoms with Crippen LogP contribution >= 0.6 is 0 Å². The molecule has 0 saturated heterocycles. The fourth-order valence-electron chi connectivity index (χ4n) is 3.73. The van der Waals surface area contributed by atoms with Gasteiger partial charge in [0, 0.05) is 31.7 Å². The molecular weight excluding hydrogens is 326 g/mol. The number of hydrogen-bond donors (Lipinski definition) is 1. The summed E-state index contributed by atoms with van der Waals surface area (Å²) in [5.74, 6) is 0.855. The average molecular weight is 349 g/mol. The van der Waals surface area contributed by atoms with E-state index in [4.69, 9.17) is 9.47 Å². The standard InChI is InChI=1S/C22H23NO3/c1-23-18-11-12-20(25-2)19(24)13-17(18)16-9-6-10-21(22(16)23)26-14-15-7-4-3-5-8-15/h3-12,19-20,24H,13-14H2,1-2H3. The largest absolute Gasteiger partial charge is 0.487 e. The smallest absolute Gasteiger partial charge is 0.144 e. The minimum atomic E-state index is -0.558. The number of aromatic nitrogens is 1. The second-order valence-electron chi connectivity index (χ2n) is 6.68. The third-order valence-corrected chi connectivity index (χ3v) is 5.08. The highest BCUT2D eigenvalue weighted by Crippen LogP contribution is 2.35. The van der Waals surface area contributed by atoms with E-state index in [1.54, 1.807) is 7.11 Å². The molecule has 0 saturated carbocycles. The highest BCUT2D eigenvalue weighted by molar-refractivity contribution is 5.92. The van der Waals surface area contributed by atoms with Crippen molar-refractivity contribution in [2.75, 3.05) is 7.11 Å². The van der Waals surface area contributed by atoms with Crippen LogP contribution in [0, 0.1) is 0 Å². The van der Waals surface area contributed by atoms with Gasteiger partial charge in [-0.1, -0.05) is 48.5 Å². The van der Waals surface area contributed by atoms with Gasteiger partial charge >= 0.3 is 0 Å². The van der Waals surface area contributed by atoms with Crippen LogP contribution in [0.1, 0.15) is 16.8 Å². The summed E-state index contributed by atoms with van der Waals surface area (Å²) in [6.07, 6.45) is 3.69. The van der Waals surface area contributed by atoms with Gasteiger partial charge in [-0.3, -0.25) is 0 Å². The number of aliphatic hydroxyl groups is 1. The van der Waals surface area contributed by atoms with Crippen molar-refractivity contribution in [2.24, 2.45) is 7.05 Å². The Labute approximate surface area is 153 Å². The second-order valence-corrected chi connectivity index (χ2v) is 6.68. The van der Waals surface area contributed by atoms with Crippen molar-refractivity contribution in [3.8, 4) is 5.75 Å². The van der Waals surface area contributed by atoms with Gasteiger partial charge in [-0.15, -0.1) is 0 Å². The third-order valence-electron chi connectivity index (χ3n) is 5.08. The van der Waals surface area contributed by atoms with Crippen molar-refractivity contribution in [1.82, 2.24) is 4.57 Å². The lowest BCUT2D eigenvalue weighted by molar-refractivity contribution is 0.0188. The van der Waals surface area contributed by atoms with Crippen LogP contribution in [0.2, 0.25) is 0 Å². The third kappa shape index (κ3) is 2.91. The molecule has 2 unspecified atom stereocenters. The van der Waals surface area contributed by atoms with E-state index in [1.165, 1.54) is 0 Å². The predicted molar refractivity (Wildman–Crippen MR) is 103 cm³/mol. The summed E-state index contributed by atoms with van der Waals surface area (Å²) in [7, 11) is 3.67. The van der Waals surface area contributed by atoms with E-state index in [1.807, 2.05) is 49.5 Å². The van der Waals surface area contributed by atoms with Gasteiger partial charge < -0.3 is 19.1 Å².